The van der Waals surface area contributed by atoms with Crippen LogP contribution in [0.25, 0.3) is 16.3 Å². The van der Waals surface area contributed by atoms with Gasteiger partial charge in [-0.25, -0.2) is 0 Å². The van der Waals surface area contributed by atoms with Crippen LogP contribution in [0.1, 0.15) is 16.1 Å². The largest absolute Gasteiger partial charge is 0.497 e. The van der Waals surface area contributed by atoms with E-state index in [2.05, 4.69) is 125 Å². The van der Waals surface area contributed by atoms with Crippen molar-refractivity contribution in [1.29, 1.82) is 0 Å². The Kier molecular flexibility index (Phi) is 9.07. The molecule has 0 radical (unpaired) electrons. The second-order valence-corrected chi connectivity index (χ2v) is 12.1. The molecule has 0 aliphatic carbocycles. The van der Waals surface area contributed by atoms with Crippen molar-refractivity contribution in [3.63, 3.8) is 0 Å². The van der Waals surface area contributed by atoms with E-state index in [9.17, 15) is 0 Å². The van der Waals surface area contributed by atoms with E-state index in [4.69, 9.17) is 9.47 Å². The van der Waals surface area contributed by atoms with Gasteiger partial charge in [0, 0.05) is 29.1 Å². The highest BCUT2D eigenvalue weighted by molar-refractivity contribution is 8.03. The van der Waals surface area contributed by atoms with Crippen molar-refractivity contribution in [2.24, 2.45) is 0 Å². The Bertz CT molecular complexity index is 1850. The van der Waals surface area contributed by atoms with Gasteiger partial charge in [0.25, 0.3) is 5.01 Å². The summed E-state index contributed by atoms with van der Waals surface area (Å²) in [4.78, 5) is 3.64. The Labute approximate surface area is 261 Å². The number of fused-ring (bicyclic) bond motifs is 2. The van der Waals surface area contributed by atoms with Crippen LogP contribution in [0.5, 0.6) is 11.5 Å². The fraction of sp³-hybridized carbons (Fsp3) is 0.108. The number of methoxy groups -OCH3 is 2. The van der Waals surface area contributed by atoms with Crippen molar-refractivity contribution in [3.8, 4) is 11.5 Å². The minimum absolute atomic E-state index is 0.782. The normalized spacial score (nSPS) is 14.1. The van der Waals surface area contributed by atoms with Crippen LogP contribution in [0, 0.1) is 0 Å². The number of benzene rings is 4. The van der Waals surface area contributed by atoms with Gasteiger partial charge >= 0.3 is 0 Å². The SMILES string of the molecule is COc1cccc(C[n+]2c(/C=C/C=C/C=C/C=C3/Sc4ccccc4N3Cc3cccc(O[11CH3])c3)sc3ccccc32)c1. The van der Waals surface area contributed by atoms with E-state index in [-0.39, 0.29) is 0 Å². The maximum Gasteiger partial charge on any atom is 0.263 e. The monoisotopic (exact) mass is 600 g/mol. The molecule has 2 heterocycles. The Morgan fingerprint density at radius 3 is 2.26 bits per heavy atom. The number of hydrogen-bond acceptors (Lipinski definition) is 5. The zero-order chi connectivity index (χ0) is 29.4. The highest BCUT2D eigenvalue weighted by Crippen LogP contribution is 2.46. The van der Waals surface area contributed by atoms with Gasteiger partial charge in [-0.2, -0.15) is 4.57 Å². The molecule has 1 aromatic heterocycles. The number of ether oxygens (including phenoxy) is 2. The van der Waals surface area contributed by atoms with E-state index in [0.717, 1.165) is 24.6 Å². The van der Waals surface area contributed by atoms with Crippen molar-refractivity contribution in [2.75, 3.05) is 19.1 Å². The van der Waals surface area contributed by atoms with E-state index in [1.165, 1.54) is 42.0 Å². The smallest absolute Gasteiger partial charge is 0.263 e. The fourth-order valence-electron chi connectivity index (χ4n) is 5.05. The summed E-state index contributed by atoms with van der Waals surface area (Å²) in [7, 11) is 3.42. The van der Waals surface area contributed by atoms with E-state index in [1.54, 1.807) is 37.3 Å². The number of allylic oxidation sites excluding steroid dienone is 6. The quantitative estimate of drug-likeness (QED) is 0.118. The van der Waals surface area contributed by atoms with Gasteiger partial charge in [-0.05, 0) is 54.1 Å². The average Bonchev–Trinajstić information content (AvgIpc) is 3.58. The van der Waals surface area contributed by atoms with Gasteiger partial charge in [-0.15, -0.1) is 0 Å². The summed E-state index contributed by atoms with van der Waals surface area (Å²) in [5.74, 6) is 1.76. The molecule has 0 atom stereocenters. The lowest BCUT2D eigenvalue weighted by Crippen LogP contribution is -2.35. The van der Waals surface area contributed by atoms with Crippen molar-refractivity contribution in [3.05, 3.63) is 155 Å². The summed E-state index contributed by atoms with van der Waals surface area (Å²) in [6.45, 7) is 1.56. The summed E-state index contributed by atoms with van der Waals surface area (Å²) in [6, 6.07) is 33.7. The zero-order valence-electron chi connectivity index (χ0n) is 24.2. The predicted molar refractivity (Wildman–Crippen MR) is 181 cm³/mol. The number of thiazole rings is 1. The van der Waals surface area contributed by atoms with E-state index < -0.39 is 0 Å². The van der Waals surface area contributed by atoms with Gasteiger partial charge < -0.3 is 14.4 Å². The highest BCUT2D eigenvalue weighted by atomic mass is 32.2. The third kappa shape index (κ3) is 6.77. The van der Waals surface area contributed by atoms with Crippen molar-refractivity contribution in [1.82, 2.24) is 0 Å². The molecule has 0 saturated heterocycles. The number of hydrogen-bond donors (Lipinski definition) is 0. The molecule has 1 aliphatic heterocycles. The second kappa shape index (κ2) is 13.6. The Hall–Kier alpha value is -4.52. The van der Waals surface area contributed by atoms with Gasteiger partial charge in [0.2, 0.25) is 5.52 Å². The number of rotatable bonds is 10. The predicted octanol–water partition coefficient (Wildman–Crippen LogP) is 9.03. The lowest BCUT2D eigenvalue weighted by atomic mass is 10.2. The summed E-state index contributed by atoms with van der Waals surface area (Å²) < 4.78 is 14.5. The molecule has 0 N–H and O–H groups in total. The molecule has 43 heavy (non-hydrogen) atoms. The molecule has 214 valence electrons. The molecule has 4 nitrogen and oxygen atoms in total. The molecular weight excluding hydrogens is 568 g/mol. The molecular formula is C37H33N2O2S2+. The number of thioether (sulfide) groups is 1. The maximum atomic E-state index is 5.44. The van der Waals surface area contributed by atoms with Gasteiger partial charge in [-0.1, -0.05) is 102 Å². The van der Waals surface area contributed by atoms with Gasteiger partial charge in [-0.3, -0.25) is 0 Å². The van der Waals surface area contributed by atoms with Crippen LogP contribution in [0.4, 0.5) is 5.69 Å². The number of nitrogens with zero attached hydrogens (tertiary/aromatic N) is 2. The van der Waals surface area contributed by atoms with Gasteiger partial charge in [0.1, 0.15) is 16.2 Å². The molecule has 0 saturated carbocycles. The molecule has 1 aliphatic rings. The van der Waals surface area contributed by atoms with Crippen LogP contribution in [0.15, 0.2) is 143 Å². The molecule has 4 aromatic carbocycles. The minimum atomic E-state index is 0.782. The zero-order valence-corrected chi connectivity index (χ0v) is 25.9. The average molecular weight is 601 g/mol. The molecule has 0 fully saturated rings. The molecule has 6 heteroatoms. The van der Waals surface area contributed by atoms with E-state index >= 15 is 0 Å². The summed E-state index contributed by atoms with van der Waals surface area (Å²) in [5, 5.41) is 2.40. The van der Waals surface area contributed by atoms with Crippen LogP contribution in [-0.4, -0.2) is 14.2 Å². The van der Waals surface area contributed by atoms with Crippen molar-refractivity contribution >= 4 is 45.1 Å². The maximum absolute atomic E-state index is 5.44. The summed E-state index contributed by atoms with van der Waals surface area (Å²) in [6.07, 6.45) is 14.8. The Balaban J connectivity index is 1.17. The van der Waals surface area contributed by atoms with Gasteiger partial charge in [0.15, 0.2) is 6.54 Å². The first kappa shape index (κ1) is 28.6. The number of para-hydroxylation sites is 2. The number of anilines is 1. The minimum Gasteiger partial charge on any atom is -0.497 e. The molecule has 5 aromatic rings. The topological polar surface area (TPSA) is 25.6 Å². The molecule has 0 amide bonds. The van der Waals surface area contributed by atoms with E-state index in [1.807, 2.05) is 24.3 Å². The van der Waals surface area contributed by atoms with Crippen LogP contribution in [0.3, 0.4) is 0 Å². The summed E-state index contributed by atoms with van der Waals surface area (Å²) in [5.41, 5.74) is 4.89. The Morgan fingerprint density at radius 1 is 0.721 bits per heavy atom. The third-order valence-corrected chi connectivity index (χ3v) is 9.41. The lowest BCUT2D eigenvalue weighted by Gasteiger charge is -2.20. The first-order chi connectivity index (χ1) is 21.2. The first-order valence-electron chi connectivity index (χ1n) is 14.2. The molecule has 6 rings (SSSR count). The molecule has 0 bridgehead atoms. The van der Waals surface area contributed by atoms with Crippen LogP contribution < -0.4 is 18.9 Å². The summed E-state index contributed by atoms with van der Waals surface area (Å²) >= 11 is 3.61. The van der Waals surface area contributed by atoms with Crippen LogP contribution in [-0.2, 0) is 13.1 Å². The second-order valence-electron chi connectivity index (χ2n) is 9.99. The van der Waals surface area contributed by atoms with Crippen LogP contribution in [0.2, 0.25) is 0 Å². The van der Waals surface area contributed by atoms with Gasteiger partial charge in [0.05, 0.1) is 24.9 Å². The highest BCUT2D eigenvalue weighted by Gasteiger charge is 2.24. The third-order valence-electron chi connectivity index (χ3n) is 7.14. The first-order valence-corrected chi connectivity index (χ1v) is 15.8. The lowest BCUT2D eigenvalue weighted by molar-refractivity contribution is -0.659. The standard InChI is InChI=1S/C37H33N2O2S2/c1-40-30-16-12-14-28(24-30)26-38-32-18-8-10-20-34(32)42-36(38)22-6-4-3-5-7-23-37-39(33-19-9-11-21-35(33)43-37)27-29-15-13-17-31(25-29)41-2/h3-25H,26-27H2,1-2H3/q+1/i1-1. The van der Waals surface area contributed by atoms with Crippen molar-refractivity contribution < 1.29 is 14.0 Å². The molecule has 0 unspecified atom stereocenters. The van der Waals surface area contributed by atoms with Crippen LogP contribution >= 0.6 is 23.1 Å². The fourth-order valence-corrected chi connectivity index (χ4v) is 7.20. The van der Waals surface area contributed by atoms with Crippen molar-refractivity contribution in [2.45, 2.75) is 18.0 Å². The number of aromatic nitrogens is 1. The van der Waals surface area contributed by atoms with E-state index in [0.29, 0.717) is 0 Å². The Morgan fingerprint density at radius 2 is 1.42 bits per heavy atom. The molecule has 0 spiro atoms.